The molecule has 156 valence electrons. The molecule has 4 rings (SSSR count). The van der Waals surface area contributed by atoms with Gasteiger partial charge in [0, 0.05) is 16.6 Å². The summed E-state index contributed by atoms with van der Waals surface area (Å²) >= 11 is 10.1. The minimum atomic E-state index is -0.247. The molecule has 0 N–H and O–H groups in total. The molecule has 0 bridgehead atoms. The van der Waals surface area contributed by atoms with Gasteiger partial charge in [0.2, 0.25) is 0 Å². The summed E-state index contributed by atoms with van der Waals surface area (Å²) in [4.78, 5) is 30.3. The van der Waals surface area contributed by atoms with Crippen molar-refractivity contribution in [2.75, 3.05) is 11.4 Å². The second kappa shape index (κ2) is 9.08. The normalized spacial score (nSPS) is 18.7. The first-order valence-corrected chi connectivity index (χ1v) is 11.9. The fourth-order valence-corrected chi connectivity index (χ4v) is 5.37. The van der Waals surface area contributed by atoms with Crippen LogP contribution in [-0.2, 0) is 16.1 Å². The van der Waals surface area contributed by atoms with E-state index in [0.717, 1.165) is 41.4 Å². The average molecular weight is 505 g/mol. The number of fused-ring (bicyclic) bond motifs is 1. The van der Waals surface area contributed by atoms with Crippen molar-refractivity contribution in [3.63, 3.8) is 0 Å². The molecule has 0 saturated carbocycles. The first-order chi connectivity index (χ1) is 14.5. The summed E-state index contributed by atoms with van der Waals surface area (Å²) in [6.07, 6.45) is 5.86. The Morgan fingerprint density at radius 3 is 2.67 bits per heavy atom. The van der Waals surface area contributed by atoms with Gasteiger partial charge in [-0.1, -0.05) is 66.1 Å². The van der Waals surface area contributed by atoms with E-state index in [1.54, 1.807) is 23.3 Å². The Bertz CT molecular complexity index is 1030. The van der Waals surface area contributed by atoms with Gasteiger partial charge in [0.05, 0.1) is 29.0 Å². The Morgan fingerprint density at radius 1 is 1.10 bits per heavy atom. The Morgan fingerprint density at radius 2 is 1.93 bits per heavy atom. The highest BCUT2D eigenvalue weighted by Gasteiger charge is 2.42. The topological polar surface area (TPSA) is 53.8 Å². The maximum atomic E-state index is 13.4. The van der Waals surface area contributed by atoms with E-state index in [4.69, 9.17) is 16.6 Å². The van der Waals surface area contributed by atoms with E-state index in [9.17, 15) is 9.59 Å². The zero-order chi connectivity index (χ0) is 21.3. The lowest BCUT2D eigenvalue weighted by Gasteiger charge is -2.17. The fraction of sp³-hybridized carbons (Fsp3) is 0.318. The van der Waals surface area contributed by atoms with Gasteiger partial charge in [-0.2, -0.15) is 0 Å². The minimum Gasteiger partial charge on any atom is -0.467 e. The molecule has 8 heteroatoms. The second-order valence-corrected chi connectivity index (χ2v) is 9.78. The van der Waals surface area contributed by atoms with E-state index < -0.39 is 0 Å². The average Bonchev–Trinajstić information content (AvgIpc) is 3.40. The largest absolute Gasteiger partial charge is 0.467 e. The van der Waals surface area contributed by atoms with Gasteiger partial charge in [0.25, 0.3) is 11.8 Å². The number of unbranched alkanes of at least 4 members (excludes halogenated alkanes) is 3. The van der Waals surface area contributed by atoms with E-state index in [-0.39, 0.29) is 18.4 Å². The fourth-order valence-electron chi connectivity index (χ4n) is 3.69. The van der Waals surface area contributed by atoms with Crippen LogP contribution in [0.25, 0.3) is 5.57 Å². The summed E-state index contributed by atoms with van der Waals surface area (Å²) in [6.45, 7) is 3.06. The smallest absolute Gasteiger partial charge is 0.267 e. The zero-order valence-corrected chi connectivity index (χ0v) is 19.7. The number of nitrogens with zero attached hydrogens (tertiary/aromatic N) is 2. The molecule has 1 aromatic carbocycles. The summed E-state index contributed by atoms with van der Waals surface area (Å²) in [5, 5.41) is 0. The van der Waals surface area contributed by atoms with Crippen molar-refractivity contribution in [1.29, 1.82) is 0 Å². The van der Waals surface area contributed by atoms with Gasteiger partial charge in [-0.05, 0) is 36.8 Å². The van der Waals surface area contributed by atoms with E-state index in [1.165, 1.54) is 16.7 Å². The number of anilines is 1. The number of furan rings is 1. The number of hydrogen-bond acceptors (Lipinski definition) is 5. The molecule has 0 spiro atoms. The summed E-state index contributed by atoms with van der Waals surface area (Å²) in [5.74, 6) is 0.276. The van der Waals surface area contributed by atoms with Crippen LogP contribution in [0.4, 0.5) is 5.69 Å². The third kappa shape index (κ3) is 4.00. The van der Waals surface area contributed by atoms with E-state index in [0.29, 0.717) is 27.1 Å². The quantitative estimate of drug-likeness (QED) is 0.273. The lowest BCUT2D eigenvalue weighted by atomic mass is 10.1. The molecule has 2 amide bonds. The van der Waals surface area contributed by atoms with E-state index in [2.05, 4.69) is 22.9 Å². The maximum Gasteiger partial charge on any atom is 0.267 e. The van der Waals surface area contributed by atoms with Crippen molar-refractivity contribution in [2.24, 2.45) is 0 Å². The summed E-state index contributed by atoms with van der Waals surface area (Å²) in [6, 6.07) is 9.35. The minimum absolute atomic E-state index is 0.127. The van der Waals surface area contributed by atoms with Gasteiger partial charge in [-0.25, -0.2) is 0 Å². The van der Waals surface area contributed by atoms with Crippen molar-refractivity contribution in [3.05, 3.63) is 57.3 Å². The number of thioether (sulfide) groups is 1. The number of carbonyl (C=O) groups excluding carboxylic acids is 2. The molecular formula is C22H21BrN2O3S2. The highest BCUT2D eigenvalue weighted by molar-refractivity contribution is 9.10. The lowest BCUT2D eigenvalue weighted by molar-refractivity contribution is -0.123. The second-order valence-electron chi connectivity index (χ2n) is 7.22. The molecule has 0 aliphatic carbocycles. The van der Waals surface area contributed by atoms with Crippen molar-refractivity contribution in [3.8, 4) is 0 Å². The van der Waals surface area contributed by atoms with E-state index in [1.807, 2.05) is 18.2 Å². The van der Waals surface area contributed by atoms with Gasteiger partial charge in [-0.3, -0.25) is 14.5 Å². The van der Waals surface area contributed by atoms with Crippen molar-refractivity contribution in [2.45, 2.75) is 39.2 Å². The van der Waals surface area contributed by atoms with Crippen LogP contribution in [0, 0.1) is 0 Å². The maximum absolute atomic E-state index is 13.4. The lowest BCUT2D eigenvalue weighted by Crippen LogP contribution is -2.29. The molecule has 30 heavy (non-hydrogen) atoms. The Balaban J connectivity index is 1.68. The number of thiocarbonyl (C=S) groups is 1. The molecule has 1 aromatic heterocycles. The molecule has 0 radical (unpaired) electrons. The number of carbonyl (C=O) groups is 2. The molecule has 0 unspecified atom stereocenters. The van der Waals surface area contributed by atoms with Crippen LogP contribution in [0.3, 0.4) is 0 Å². The van der Waals surface area contributed by atoms with E-state index >= 15 is 0 Å². The molecule has 5 nitrogen and oxygen atoms in total. The first-order valence-electron chi connectivity index (χ1n) is 9.93. The molecule has 1 saturated heterocycles. The van der Waals surface area contributed by atoms with Gasteiger partial charge >= 0.3 is 0 Å². The van der Waals surface area contributed by atoms with Crippen molar-refractivity contribution in [1.82, 2.24) is 4.90 Å². The van der Waals surface area contributed by atoms with Crippen LogP contribution in [0.5, 0.6) is 0 Å². The van der Waals surface area contributed by atoms with Gasteiger partial charge in [0.1, 0.15) is 10.1 Å². The molecule has 0 atom stereocenters. The Hall–Kier alpha value is -1.90. The Kier molecular flexibility index (Phi) is 6.46. The zero-order valence-electron chi connectivity index (χ0n) is 16.5. The highest BCUT2D eigenvalue weighted by atomic mass is 79.9. The Labute approximate surface area is 193 Å². The molecule has 2 aromatic rings. The first kappa shape index (κ1) is 21.3. The molecule has 2 aliphatic heterocycles. The van der Waals surface area contributed by atoms with Gasteiger partial charge in [0.15, 0.2) is 0 Å². The summed E-state index contributed by atoms with van der Waals surface area (Å²) in [7, 11) is 0. The summed E-state index contributed by atoms with van der Waals surface area (Å²) in [5.41, 5.74) is 2.08. The number of hydrogen-bond donors (Lipinski definition) is 0. The van der Waals surface area contributed by atoms with Crippen LogP contribution in [0.2, 0.25) is 0 Å². The highest BCUT2D eigenvalue weighted by Crippen LogP contribution is 2.45. The third-order valence-electron chi connectivity index (χ3n) is 5.18. The predicted octanol–water partition coefficient (Wildman–Crippen LogP) is 5.74. The molecule has 2 aliphatic rings. The molecule has 3 heterocycles. The van der Waals surface area contributed by atoms with Crippen molar-refractivity contribution < 1.29 is 14.0 Å². The predicted molar refractivity (Wildman–Crippen MR) is 127 cm³/mol. The SMILES string of the molecule is CCCCCCN1C(=O)C(=C2SC(=S)N(Cc3ccco3)C2=O)c2cc(Br)ccc21. The van der Waals surface area contributed by atoms with Crippen LogP contribution in [0.1, 0.15) is 43.9 Å². The number of benzene rings is 1. The number of amides is 2. The van der Waals surface area contributed by atoms with Crippen LogP contribution in [0.15, 0.2) is 50.4 Å². The van der Waals surface area contributed by atoms with Crippen molar-refractivity contribution >= 4 is 67.3 Å². The van der Waals surface area contributed by atoms with Gasteiger partial charge in [-0.15, -0.1) is 0 Å². The molecular weight excluding hydrogens is 484 g/mol. The molecule has 1 fully saturated rings. The van der Waals surface area contributed by atoms with Crippen LogP contribution >= 0.6 is 39.9 Å². The standard InChI is InChI=1S/C22H21BrN2O3S2/c1-2-3-4-5-10-24-17-9-8-14(23)12-16(17)18(20(24)26)19-21(27)25(22(29)30-19)13-15-7-6-11-28-15/h6-9,11-12H,2-5,10,13H2,1H3. The number of rotatable bonds is 7. The third-order valence-corrected chi connectivity index (χ3v) is 7.12. The van der Waals surface area contributed by atoms with Crippen LogP contribution in [-0.4, -0.2) is 27.6 Å². The summed E-state index contributed by atoms with van der Waals surface area (Å²) < 4.78 is 6.67. The van der Waals surface area contributed by atoms with Crippen LogP contribution < -0.4 is 4.90 Å². The number of halogens is 1. The monoisotopic (exact) mass is 504 g/mol. The van der Waals surface area contributed by atoms with Gasteiger partial charge < -0.3 is 9.32 Å².